The molecule has 0 amide bonds. The van der Waals surface area contributed by atoms with Crippen molar-refractivity contribution in [1.29, 1.82) is 0 Å². The maximum absolute atomic E-state index is 10.5. The molecule has 0 aromatic heterocycles. The first-order valence-electron chi connectivity index (χ1n) is 3.50. The molecule has 11 heavy (non-hydrogen) atoms. The standard InChI is InChI=1S/C6H14O4S/c1-3-4-5-6(2,7)11(8,9)10/h7H,3-5H2,1-2H3,(H,8,9,10). The fourth-order valence-corrected chi connectivity index (χ4v) is 1.04. The molecule has 0 saturated carbocycles. The summed E-state index contributed by atoms with van der Waals surface area (Å²) in [5.41, 5.74) is 0. The lowest BCUT2D eigenvalue weighted by Crippen LogP contribution is -2.34. The van der Waals surface area contributed by atoms with E-state index in [9.17, 15) is 8.42 Å². The minimum absolute atomic E-state index is 0.0718. The van der Waals surface area contributed by atoms with Crippen LogP contribution in [-0.4, -0.2) is 23.0 Å². The quantitative estimate of drug-likeness (QED) is 0.630. The fourth-order valence-electron chi connectivity index (χ4n) is 0.634. The van der Waals surface area contributed by atoms with Crippen molar-refractivity contribution in [3.8, 4) is 0 Å². The summed E-state index contributed by atoms with van der Waals surface area (Å²) in [6.45, 7) is 2.97. The van der Waals surface area contributed by atoms with Gasteiger partial charge in [-0.3, -0.25) is 4.55 Å². The van der Waals surface area contributed by atoms with E-state index >= 15 is 0 Å². The van der Waals surface area contributed by atoms with Crippen molar-refractivity contribution in [2.75, 3.05) is 0 Å². The Morgan fingerprint density at radius 2 is 1.91 bits per heavy atom. The molecule has 0 bridgehead atoms. The molecule has 0 spiro atoms. The van der Waals surface area contributed by atoms with Crippen molar-refractivity contribution < 1.29 is 18.1 Å². The van der Waals surface area contributed by atoms with Gasteiger partial charge in [0.1, 0.15) is 0 Å². The zero-order valence-electron chi connectivity index (χ0n) is 6.74. The Kier molecular flexibility index (Phi) is 3.47. The van der Waals surface area contributed by atoms with E-state index in [0.29, 0.717) is 6.42 Å². The number of hydrogen-bond acceptors (Lipinski definition) is 3. The smallest absolute Gasteiger partial charge is 0.294 e. The van der Waals surface area contributed by atoms with Gasteiger partial charge >= 0.3 is 0 Å². The third-order valence-electron chi connectivity index (χ3n) is 1.55. The molecule has 0 fully saturated rings. The zero-order chi connectivity index (χ0) is 9.12. The fraction of sp³-hybridized carbons (Fsp3) is 1.00. The van der Waals surface area contributed by atoms with Crippen molar-refractivity contribution in [3.63, 3.8) is 0 Å². The van der Waals surface area contributed by atoms with Crippen molar-refractivity contribution in [1.82, 2.24) is 0 Å². The minimum Gasteiger partial charge on any atom is -0.373 e. The van der Waals surface area contributed by atoms with Gasteiger partial charge in [0.25, 0.3) is 10.1 Å². The third kappa shape index (κ3) is 3.18. The van der Waals surface area contributed by atoms with E-state index in [0.717, 1.165) is 13.3 Å². The van der Waals surface area contributed by atoms with Crippen LogP contribution in [0.25, 0.3) is 0 Å². The first kappa shape index (κ1) is 10.9. The molecule has 0 saturated heterocycles. The highest BCUT2D eigenvalue weighted by Crippen LogP contribution is 2.18. The van der Waals surface area contributed by atoms with Gasteiger partial charge in [-0.15, -0.1) is 0 Å². The van der Waals surface area contributed by atoms with Crippen molar-refractivity contribution >= 4 is 10.1 Å². The van der Waals surface area contributed by atoms with Gasteiger partial charge in [-0.1, -0.05) is 13.3 Å². The number of rotatable bonds is 4. The minimum atomic E-state index is -4.32. The second-order valence-corrected chi connectivity index (χ2v) is 4.58. The summed E-state index contributed by atoms with van der Waals surface area (Å²) in [5.74, 6) is 0. The zero-order valence-corrected chi connectivity index (χ0v) is 7.56. The lowest BCUT2D eigenvalue weighted by molar-refractivity contribution is 0.120. The largest absolute Gasteiger partial charge is 0.373 e. The Bertz CT molecular complexity index is 205. The van der Waals surface area contributed by atoms with Crippen molar-refractivity contribution in [2.45, 2.75) is 38.0 Å². The van der Waals surface area contributed by atoms with Gasteiger partial charge in [-0.05, 0) is 19.8 Å². The number of aliphatic hydroxyl groups is 1. The molecule has 0 aliphatic rings. The van der Waals surface area contributed by atoms with Crippen LogP contribution in [-0.2, 0) is 10.1 Å². The summed E-state index contributed by atoms with van der Waals surface area (Å²) in [4.78, 5) is -1.98. The van der Waals surface area contributed by atoms with E-state index in [2.05, 4.69) is 0 Å². The van der Waals surface area contributed by atoms with Crippen LogP contribution in [0.5, 0.6) is 0 Å². The monoisotopic (exact) mass is 182 g/mol. The molecule has 4 nitrogen and oxygen atoms in total. The highest BCUT2D eigenvalue weighted by molar-refractivity contribution is 7.87. The van der Waals surface area contributed by atoms with Crippen LogP contribution >= 0.6 is 0 Å². The summed E-state index contributed by atoms with van der Waals surface area (Å²) >= 11 is 0. The molecule has 0 heterocycles. The van der Waals surface area contributed by atoms with E-state index in [4.69, 9.17) is 9.66 Å². The summed E-state index contributed by atoms with van der Waals surface area (Å²) in [5, 5.41) is 9.14. The second kappa shape index (κ2) is 3.51. The first-order chi connectivity index (χ1) is 4.81. The van der Waals surface area contributed by atoms with Gasteiger partial charge in [0.15, 0.2) is 4.93 Å². The van der Waals surface area contributed by atoms with Gasteiger partial charge in [-0.25, -0.2) is 0 Å². The topological polar surface area (TPSA) is 74.6 Å². The normalized spacial score (nSPS) is 17.8. The van der Waals surface area contributed by atoms with E-state index in [1.165, 1.54) is 0 Å². The average Bonchev–Trinajstić information content (AvgIpc) is 1.81. The van der Waals surface area contributed by atoms with Crippen LogP contribution in [0.1, 0.15) is 33.1 Å². The van der Waals surface area contributed by atoms with E-state index in [-0.39, 0.29) is 6.42 Å². The van der Waals surface area contributed by atoms with Crippen LogP contribution in [0.15, 0.2) is 0 Å². The van der Waals surface area contributed by atoms with Gasteiger partial charge in [-0.2, -0.15) is 8.42 Å². The molecule has 0 radical (unpaired) electrons. The average molecular weight is 182 g/mol. The predicted octanol–water partition coefficient (Wildman–Crippen LogP) is 0.773. The first-order valence-corrected chi connectivity index (χ1v) is 4.94. The maximum Gasteiger partial charge on any atom is 0.294 e. The molecule has 68 valence electrons. The van der Waals surface area contributed by atoms with Crippen LogP contribution < -0.4 is 0 Å². The number of unbranched alkanes of at least 4 members (excludes halogenated alkanes) is 1. The Labute approximate surface area is 67.0 Å². The van der Waals surface area contributed by atoms with Crippen LogP contribution in [0.2, 0.25) is 0 Å². The molecule has 5 heteroatoms. The van der Waals surface area contributed by atoms with Crippen LogP contribution in [0, 0.1) is 0 Å². The number of hydrogen-bond donors (Lipinski definition) is 2. The molecule has 0 aromatic rings. The molecule has 0 aliphatic carbocycles. The summed E-state index contributed by atoms with van der Waals surface area (Å²) < 4.78 is 29.4. The van der Waals surface area contributed by atoms with Gasteiger partial charge in [0.2, 0.25) is 0 Å². The Balaban J connectivity index is 4.24. The molecule has 0 rings (SSSR count). The molecule has 0 aromatic carbocycles. The molecule has 0 aliphatic heterocycles. The summed E-state index contributed by atoms with van der Waals surface area (Å²) in [6, 6.07) is 0. The van der Waals surface area contributed by atoms with Crippen molar-refractivity contribution in [2.24, 2.45) is 0 Å². The second-order valence-electron chi connectivity index (χ2n) is 2.75. The van der Waals surface area contributed by atoms with Gasteiger partial charge < -0.3 is 5.11 Å². The Morgan fingerprint density at radius 3 is 2.18 bits per heavy atom. The molecular formula is C6H14O4S. The lowest BCUT2D eigenvalue weighted by Gasteiger charge is -2.18. The van der Waals surface area contributed by atoms with Gasteiger partial charge in [0.05, 0.1) is 0 Å². The van der Waals surface area contributed by atoms with E-state index < -0.39 is 15.1 Å². The summed E-state index contributed by atoms with van der Waals surface area (Å²) in [7, 11) is -4.32. The predicted molar refractivity (Wildman–Crippen MR) is 41.7 cm³/mol. The SMILES string of the molecule is CCCCC(C)(O)S(=O)(=O)O. The maximum atomic E-state index is 10.5. The molecule has 1 atom stereocenters. The molecule has 1 unspecified atom stereocenters. The van der Waals surface area contributed by atoms with Crippen LogP contribution in [0.4, 0.5) is 0 Å². The Morgan fingerprint density at radius 1 is 1.45 bits per heavy atom. The van der Waals surface area contributed by atoms with Gasteiger partial charge in [0, 0.05) is 0 Å². The lowest BCUT2D eigenvalue weighted by atomic mass is 10.2. The molecule has 2 N–H and O–H groups in total. The molecular weight excluding hydrogens is 168 g/mol. The van der Waals surface area contributed by atoms with E-state index in [1.54, 1.807) is 0 Å². The highest BCUT2D eigenvalue weighted by Gasteiger charge is 2.34. The highest BCUT2D eigenvalue weighted by atomic mass is 32.2. The summed E-state index contributed by atoms with van der Waals surface area (Å²) in [6.07, 6.45) is 1.43. The Hall–Kier alpha value is -0.130. The third-order valence-corrected chi connectivity index (χ3v) is 2.87. The van der Waals surface area contributed by atoms with E-state index in [1.807, 2.05) is 6.92 Å². The van der Waals surface area contributed by atoms with Crippen LogP contribution in [0.3, 0.4) is 0 Å². The van der Waals surface area contributed by atoms with Crippen molar-refractivity contribution in [3.05, 3.63) is 0 Å².